The standard InChI is InChI=1S/C9H18N6/c1-7(10)8-5-3-4-6-15(8)9-11-12-13-14(9)2/h7-8H,3-6,10H2,1-2H3. The lowest BCUT2D eigenvalue weighted by Gasteiger charge is -2.37. The predicted octanol–water partition coefficient (Wildman–Crippen LogP) is -0.0838. The van der Waals surface area contributed by atoms with E-state index >= 15 is 0 Å². The molecule has 1 saturated heterocycles. The maximum atomic E-state index is 5.99. The maximum Gasteiger partial charge on any atom is 0.245 e. The molecule has 1 aromatic heterocycles. The van der Waals surface area contributed by atoms with Crippen LogP contribution >= 0.6 is 0 Å². The van der Waals surface area contributed by atoms with E-state index in [9.17, 15) is 0 Å². The fourth-order valence-corrected chi connectivity index (χ4v) is 2.22. The van der Waals surface area contributed by atoms with Crippen LogP contribution in [0.5, 0.6) is 0 Å². The fourth-order valence-electron chi connectivity index (χ4n) is 2.22. The van der Waals surface area contributed by atoms with Crippen molar-refractivity contribution in [2.45, 2.75) is 38.3 Å². The molecule has 1 aromatic rings. The van der Waals surface area contributed by atoms with E-state index in [4.69, 9.17) is 5.73 Å². The molecule has 2 N–H and O–H groups in total. The third kappa shape index (κ3) is 1.94. The average molecular weight is 210 g/mol. The molecule has 15 heavy (non-hydrogen) atoms. The molecule has 0 amide bonds. The molecule has 2 unspecified atom stereocenters. The van der Waals surface area contributed by atoms with Gasteiger partial charge in [-0.1, -0.05) is 5.10 Å². The number of piperidine rings is 1. The van der Waals surface area contributed by atoms with E-state index in [1.807, 2.05) is 14.0 Å². The van der Waals surface area contributed by atoms with Crippen LogP contribution in [0, 0.1) is 0 Å². The third-order valence-electron chi connectivity index (χ3n) is 3.01. The van der Waals surface area contributed by atoms with Crippen LogP contribution in [-0.4, -0.2) is 38.8 Å². The molecule has 0 aliphatic carbocycles. The Morgan fingerprint density at radius 2 is 2.27 bits per heavy atom. The average Bonchev–Trinajstić information content (AvgIpc) is 2.64. The lowest BCUT2D eigenvalue weighted by Crippen LogP contribution is -2.50. The van der Waals surface area contributed by atoms with Crippen LogP contribution in [0.25, 0.3) is 0 Å². The highest BCUT2D eigenvalue weighted by Gasteiger charge is 2.28. The molecule has 84 valence electrons. The van der Waals surface area contributed by atoms with Gasteiger partial charge < -0.3 is 10.6 Å². The van der Waals surface area contributed by atoms with Crippen LogP contribution in [0.3, 0.4) is 0 Å². The number of nitrogens with two attached hydrogens (primary N) is 1. The minimum Gasteiger partial charge on any atom is -0.335 e. The van der Waals surface area contributed by atoms with Crippen molar-refractivity contribution in [2.24, 2.45) is 12.8 Å². The minimum atomic E-state index is 0.155. The van der Waals surface area contributed by atoms with Gasteiger partial charge in [-0.3, -0.25) is 0 Å². The Kier molecular flexibility index (Phi) is 2.86. The van der Waals surface area contributed by atoms with Crippen LogP contribution in [0.15, 0.2) is 0 Å². The smallest absolute Gasteiger partial charge is 0.245 e. The summed E-state index contributed by atoms with van der Waals surface area (Å²) >= 11 is 0. The number of rotatable bonds is 2. The molecule has 0 radical (unpaired) electrons. The molecule has 1 aliphatic heterocycles. The monoisotopic (exact) mass is 210 g/mol. The summed E-state index contributed by atoms with van der Waals surface area (Å²) in [7, 11) is 1.86. The first-order chi connectivity index (χ1) is 7.20. The van der Waals surface area contributed by atoms with E-state index in [-0.39, 0.29) is 6.04 Å². The Morgan fingerprint density at radius 1 is 1.47 bits per heavy atom. The third-order valence-corrected chi connectivity index (χ3v) is 3.01. The molecular formula is C9H18N6. The van der Waals surface area contributed by atoms with Gasteiger partial charge in [0.2, 0.25) is 5.95 Å². The number of aromatic nitrogens is 4. The van der Waals surface area contributed by atoms with E-state index in [1.54, 1.807) is 4.68 Å². The first-order valence-electron chi connectivity index (χ1n) is 5.44. The van der Waals surface area contributed by atoms with Gasteiger partial charge in [0.25, 0.3) is 0 Å². The van der Waals surface area contributed by atoms with Crippen molar-refractivity contribution in [3.63, 3.8) is 0 Å². The van der Waals surface area contributed by atoms with Crippen LogP contribution in [-0.2, 0) is 7.05 Å². The molecule has 6 heteroatoms. The van der Waals surface area contributed by atoms with Crippen molar-refractivity contribution in [1.82, 2.24) is 20.2 Å². The molecular weight excluding hydrogens is 192 g/mol. The summed E-state index contributed by atoms with van der Waals surface area (Å²) in [6, 6.07) is 0.519. The molecule has 1 fully saturated rings. The summed E-state index contributed by atoms with van der Waals surface area (Å²) in [6.07, 6.45) is 3.56. The second-order valence-electron chi connectivity index (χ2n) is 4.22. The second-order valence-corrected chi connectivity index (χ2v) is 4.22. The van der Waals surface area contributed by atoms with Gasteiger partial charge in [-0.25, -0.2) is 4.68 Å². The quantitative estimate of drug-likeness (QED) is 0.739. The number of aryl methyl sites for hydroxylation is 1. The normalized spacial score (nSPS) is 24.2. The molecule has 2 heterocycles. The van der Waals surface area contributed by atoms with Crippen LogP contribution in [0.1, 0.15) is 26.2 Å². The Morgan fingerprint density at radius 3 is 2.87 bits per heavy atom. The zero-order valence-corrected chi connectivity index (χ0v) is 9.30. The highest BCUT2D eigenvalue weighted by Crippen LogP contribution is 2.23. The molecule has 1 aliphatic rings. The Bertz CT molecular complexity index is 320. The van der Waals surface area contributed by atoms with E-state index in [0.29, 0.717) is 6.04 Å². The zero-order valence-electron chi connectivity index (χ0n) is 9.30. The second kappa shape index (κ2) is 4.14. The lowest BCUT2D eigenvalue weighted by atomic mass is 9.97. The van der Waals surface area contributed by atoms with E-state index < -0.39 is 0 Å². The van der Waals surface area contributed by atoms with Gasteiger partial charge in [0.1, 0.15) is 0 Å². The van der Waals surface area contributed by atoms with Gasteiger partial charge in [-0.15, -0.1) is 0 Å². The highest BCUT2D eigenvalue weighted by molar-refractivity contribution is 5.31. The largest absolute Gasteiger partial charge is 0.335 e. The molecule has 0 bridgehead atoms. The highest BCUT2D eigenvalue weighted by atomic mass is 15.6. The van der Waals surface area contributed by atoms with Crippen molar-refractivity contribution in [1.29, 1.82) is 0 Å². The van der Waals surface area contributed by atoms with Crippen molar-refractivity contribution >= 4 is 5.95 Å². The summed E-state index contributed by atoms with van der Waals surface area (Å²) in [5.41, 5.74) is 5.99. The van der Waals surface area contributed by atoms with Gasteiger partial charge in [0.05, 0.1) is 0 Å². The SMILES string of the molecule is CC(N)C1CCCCN1c1nnnn1C. The summed E-state index contributed by atoms with van der Waals surface area (Å²) in [5, 5.41) is 11.6. The molecule has 0 aromatic carbocycles. The summed E-state index contributed by atoms with van der Waals surface area (Å²) in [6.45, 7) is 3.05. The van der Waals surface area contributed by atoms with Crippen molar-refractivity contribution in [3.8, 4) is 0 Å². The van der Waals surface area contributed by atoms with Gasteiger partial charge in [0.15, 0.2) is 0 Å². The fraction of sp³-hybridized carbons (Fsp3) is 0.889. The van der Waals surface area contributed by atoms with E-state index in [2.05, 4.69) is 20.4 Å². The van der Waals surface area contributed by atoms with Crippen LogP contribution in [0.4, 0.5) is 5.95 Å². The number of nitrogens with zero attached hydrogens (tertiary/aromatic N) is 5. The number of hydrogen-bond acceptors (Lipinski definition) is 5. The Hall–Kier alpha value is -1.17. The summed E-state index contributed by atoms with van der Waals surface area (Å²) in [4.78, 5) is 2.23. The topological polar surface area (TPSA) is 72.9 Å². The van der Waals surface area contributed by atoms with Gasteiger partial charge >= 0.3 is 0 Å². The van der Waals surface area contributed by atoms with Crippen molar-refractivity contribution in [2.75, 3.05) is 11.4 Å². The first kappa shape index (κ1) is 10.4. The Labute approximate surface area is 89.4 Å². The Balaban J connectivity index is 2.21. The minimum absolute atomic E-state index is 0.155. The van der Waals surface area contributed by atoms with Crippen molar-refractivity contribution in [3.05, 3.63) is 0 Å². The number of hydrogen-bond donors (Lipinski definition) is 1. The van der Waals surface area contributed by atoms with E-state index in [1.165, 1.54) is 12.8 Å². The number of anilines is 1. The molecule has 2 rings (SSSR count). The lowest BCUT2D eigenvalue weighted by molar-refractivity contribution is 0.404. The van der Waals surface area contributed by atoms with Crippen LogP contribution < -0.4 is 10.6 Å². The van der Waals surface area contributed by atoms with Crippen LogP contribution in [0.2, 0.25) is 0 Å². The molecule has 0 spiro atoms. The summed E-state index contributed by atoms with van der Waals surface area (Å²) < 4.78 is 1.71. The molecule has 2 atom stereocenters. The van der Waals surface area contributed by atoms with E-state index in [0.717, 1.165) is 18.9 Å². The maximum absolute atomic E-state index is 5.99. The molecule has 0 saturated carbocycles. The van der Waals surface area contributed by atoms with Gasteiger partial charge in [-0.2, -0.15) is 0 Å². The predicted molar refractivity (Wildman–Crippen MR) is 57.4 cm³/mol. The van der Waals surface area contributed by atoms with Gasteiger partial charge in [-0.05, 0) is 36.6 Å². The van der Waals surface area contributed by atoms with Gasteiger partial charge in [0, 0.05) is 25.7 Å². The van der Waals surface area contributed by atoms with Crippen molar-refractivity contribution < 1.29 is 0 Å². The molecule has 6 nitrogen and oxygen atoms in total. The zero-order chi connectivity index (χ0) is 10.8. The summed E-state index contributed by atoms with van der Waals surface area (Å²) in [5.74, 6) is 0.831. The number of tetrazole rings is 1. The first-order valence-corrected chi connectivity index (χ1v) is 5.44.